The monoisotopic (exact) mass is 358 g/mol. The maximum atomic E-state index is 12.5. The molecule has 0 saturated heterocycles. The molecule has 136 valence electrons. The van der Waals surface area contributed by atoms with E-state index in [4.69, 9.17) is 10.2 Å². The van der Waals surface area contributed by atoms with Crippen LogP contribution in [0, 0.1) is 0 Å². The van der Waals surface area contributed by atoms with Gasteiger partial charge in [0.1, 0.15) is 0 Å². The van der Waals surface area contributed by atoms with Gasteiger partial charge in [0, 0.05) is 18.8 Å². The predicted molar refractivity (Wildman–Crippen MR) is 93.3 cm³/mol. The van der Waals surface area contributed by atoms with Crippen molar-refractivity contribution in [2.24, 2.45) is 0 Å². The maximum Gasteiger partial charge on any atom is 0.335 e. The zero-order chi connectivity index (χ0) is 19.1. The molecule has 2 amide bonds. The lowest BCUT2D eigenvalue weighted by Crippen LogP contribution is -2.36. The zero-order valence-electron chi connectivity index (χ0n) is 13.8. The number of amides is 2. The van der Waals surface area contributed by atoms with E-state index in [-0.39, 0.29) is 36.5 Å². The number of carboxylic acids is 2. The molecule has 8 heteroatoms. The lowest BCUT2D eigenvalue weighted by molar-refractivity contribution is 0.0696. The van der Waals surface area contributed by atoms with E-state index in [9.17, 15) is 19.5 Å². The first-order valence-corrected chi connectivity index (χ1v) is 7.73. The van der Waals surface area contributed by atoms with Crippen LogP contribution in [0.2, 0.25) is 0 Å². The number of nitrogens with zero attached hydrogens (tertiary/aromatic N) is 1. The second-order valence-electron chi connectivity index (χ2n) is 5.47. The first-order valence-electron chi connectivity index (χ1n) is 7.73. The number of aromatic carboxylic acids is 2. The highest BCUT2D eigenvalue weighted by Crippen LogP contribution is 2.17. The molecule has 0 unspecified atom stereocenters. The largest absolute Gasteiger partial charge is 0.478 e. The molecule has 2 rings (SSSR count). The van der Waals surface area contributed by atoms with Gasteiger partial charge in [0.25, 0.3) is 0 Å². The number of carbonyl (C=O) groups excluding carboxylic acids is 1. The molecule has 4 N–H and O–H groups in total. The fourth-order valence-electron chi connectivity index (χ4n) is 2.33. The molecule has 0 fully saturated rings. The van der Waals surface area contributed by atoms with Crippen LogP contribution in [0.25, 0.3) is 0 Å². The van der Waals surface area contributed by atoms with E-state index < -0.39 is 18.0 Å². The highest BCUT2D eigenvalue weighted by atomic mass is 16.4. The predicted octanol–water partition coefficient (Wildman–Crippen LogP) is 2.11. The van der Waals surface area contributed by atoms with Crippen molar-refractivity contribution in [1.29, 1.82) is 0 Å². The van der Waals surface area contributed by atoms with Gasteiger partial charge in [-0.15, -0.1) is 0 Å². The smallest absolute Gasteiger partial charge is 0.335 e. The highest BCUT2D eigenvalue weighted by Gasteiger charge is 2.17. The van der Waals surface area contributed by atoms with Crippen LogP contribution in [-0.2, 0) is 6.54 Å². The first-order chi connectivity index (χ1) is 12.4. The summed E-state index contributed by atoms with van der Waals surface area (Å²) in [7, 11) is 0. The topological polar surface area (TPSA) is 127 Å². The summed E-state index contributed by atoms with van der Waals surface area (Å²) in [6, 6.07) is 11.9. The molecule has 2 aromatic rings. The Morgan fingerprint density at radius 1 is 0.923 bits per heavy atom. The van der Waals surface area contributed by atoms with Gasteiger partial charge in [0.15, 0.2) is 0 Å². The zero-order valence-corrected chi connectivity index (χ0v) is 13.8. The van der Waals surface area contributed by atoms with Crippen molar-refractivity contribution >= 4 is 23.7 Å². The van der Waals surface area contributed by atoms with E-state index in [1.54, 1.807) is 0 Å². The molecule has 0 aliphatic heterocycles. The third-order valence-electron chi connectivity index (χ3n) is 3.55. The summed E-state index contributed by atoms with van der Waals surface area (Å²) in [4.78, 5) is 36.1. The van der Waals surface area contributed by atoms with E-state index in [0.717, 1.165) is 11.6 Å². The number of hydrogen-bond acceptors (Lipinski definition) is 4. The van der Waals surface area contributed by atoms with Crippen molar-refractivity contribution in [3.05, 3.63) is 65.2 Å². The summed E-state index contributed by atoms with van der Waals surface area (Å²) in [6.07, 6.45) is 0. The van der Waals surface area contributed by atoms with Gasteiger partial charge < -0.3 is 25.5 Å². The molecule has 0 saturated carbocycles. The number of hydrogen-bond donors (Lipinski definition) is 4. The van der Waals surface area contributed by atoms with Crippen LogP contribution in [0.3, 0.4) is 0 Å². The number of carbonyl (C=O) groups is 3. The number of carboxylic acid groups (broad SMARTS) is 2. The number of rotatable bonds is 7. The van der Waals surface area contributed by atoms with Crippen LogP contribution < -0.4 is 5.32 Å². The van der Waals surface area contributed by atoms with Crippen LogP contribution in [0.4, 0.5) is 10.5 Å². The number of nitrogens with one attached hydrogen (secondary N) is 1. The van der Waals surface area contributed by atoms with Crippen LogP contribution in [0.15, 0.2) is 48.5 Å². The quantitative estimate of drug-likeness (QED) is 0.600. The second-order valence-corrected chi connectivity index (χ2v) is 5.47. The van der Waals surface area contributed by atoms with Crippen LogP contribution >= 0.6 is 0 Å². The Morgan fingerprint density at radius 3 is 2.00 bits per heavy atom. The van der Waals surface area contributed by atoms with E-state index in [1.165, 1.54) is 17.0 Å². The average Bonchev–Trinajstić information content (AvgIpc) is 2.61. The minimum atomic E-state index is -1.31. The molecule has 0 heterocycles. The second kappa shape index (κ2) is 8.63. The number of anilines is 1. The molecular formula is C18H18N2O6. The van der Waals surface area contributed by atoms with Crippen molar-refractivity contribution < 1.29 is 29.7 Å². The van der Waals surface area contributed by atoms with Crippen molar-refractivity contribution in [2.75, 3.05) is 18.5 Å². The molecule has 0 bridgehead atoms. The van der Waals surface area contributed by atoms with Crippen LogP contribution in [0.1, 0.15) is 26.3 Å². The normalized spacial score (nSPS) is 10.2. The minimum Gasteiger partial charge on any atom is -0.478 e. The molecule has 26 heavy (non-hydrogen) atoms. The Morgan fingerprint density at radius 2 is 1.50 bits per heavy atom. The molecule has 0 aliphatic carbocycles. The van der Waals surface area contributed by atoms with Crippen molar-refractivity contribution in [1.82, 2.24) is 4.90 Å². The standard InChI is InChI=1S/C18H18N2O6/c21-7-6-20(11-12-4-2-1-3-5-12)18(26)19-15-9-13(16(22)23)8-14(10-15)17(24)25/h1-5,8-10,21H,6-7,11H2,(H,19,26)(H,22,23)(H,24,25). The van der Waals surface area contributed by atoms with E-state index >= 15 is 0 Å². The van der Waals surface area contributed by atoms with Crippen molar-refractivity contribution in [3.63, 3.8) is 0 Å². The summed E-state index contributed by atoms with van der Waals surface area (Å²) in [6.45, 7) is 0.0403. The van der Waals surface area contributed by atoms with E-state index in [2.05, 4.69) is 5.32 Å². The third-order valence-corrected chi connectivity index (χ3v) is 3.55. The lowest BCUT2D eigenvalue weighted by Gasteiger charge is -2.22. The number of benzene rings is 2. The van der Waals surface area contributed by atoms with E-state index in [0.29, 0.717) is 0 Å². The SMILES string of the molecule is O=C(O)c1cc(NC(=O)N(CCO)Cc2ccccc2)cc(C(=O)O)c1. The van der Waals surface area contributed by atoms with Gasteiger partial charge in [-0.05, 0) is 23.8 Å². The molecule has 2 aromatic carbocycles. The highest BCUT2D eigenvalue weighted by molar-refractivity contribution is 5.98. The fourth-order valence-corrected chi connectivity index (χ4v) is 2.33. The Hall–Kier alpha value is -3.39. The number of aliphatic hydroxyl groups is 1. The summed E-state index contributed by atoms with van der Waals surface area (Å²) >= 11 is 0. The Bertz CT molecular complexity index is 774. The van der Waals surface area contributed by atoms with Gasteiger partial charge in [-0.25, -0.2) is 14.4 Å². The Balaban J connectivity index is 2.22. The molecule has 0 radical (unpaired) electrons. The minimum absolute atomic E-state index is 0.0447. The fraction of sp³-hybridized carbons (Fsp3) is 0.167. The van der Waals surface area contributed by atoms with Gasteiger partial charge in [0.05, 0.1) is 17.7 Å². The Labute approximate surface area is 149 Å². The third kappa shape index (κ3) is 5.05. The summed E-state index contributed by atoms with van der Waals surface area (Å²) in [5, 5.41) is 29.9. The van der Waals surface area contributed by atoms with Gasteiger partial charge in [-0.3, -0.25) is 0 Å². The van der Waals surface area contributed by atoms with Gasteiger partial charge in [-0.1, -0.05) is 30.3 Å². The Kier molecular flexibility index (Phi) is 6.29. The molecule has 0 aromatic heterocycles. The number of aliphatic hydroxyl groups excluding tert-OH is 1. The van der Waals surface area contributed by atoms with Crippen LogP contribution in [-0.4, -0.2) is 51.3 Å². The summed E-state index contributed by atoms with van der Waals surface area (Å²) in [5.41, 5.74) is 0.388. The van der Waals surface area contributed by atoms with Crippen molar-refractivity contribution in [2.45, 2.75) is 6.54 Å². The molecule has 0 aliphatic rings. The number of urea groups is 1. The maximum absolute atomic E-state index is 12.5. The van der Waals surface area contributed by atoms with Crippen LogP contribution in [0.5, 0.6) is 0 Å². The van der Waals surface area contributed by atoms with Gasteiger partial charge in [-0.2, -0.15) is 0 Å². The van der Waals surface area contributed by atoms with E-state index in [1.807, 2.05) is 30.3 Å². The summed E-state index contributed by atoms with van der Waals surface area (Å²) in [5.74, 6) is -2.61. The molecular weight excluding hydrogens is 340 g/mol. The van der Waals surface area contributed by atoms with Crippen molar-refractivity contribution in [3.8, 4) is 0 Å². The molecule has 0 spiro atoms. The first kappa shape index (κ1) is 18.9. The van der Waals surface area contributed by atoms with Gasteiger partial charge in [0.2, 0.25) is 0 Å². The lowest BCUT2D eigenvalue weighted by atomic mass is 10.1. The van der Waals surface area contributed by atoms with Gasteiger partial charge >= 0.3 is 18.0 Å². The molecule has 8 nitrogen and oxygen atoms in total. The molecule has 0 atom stereocenters. The summed E-state index contributed by atoms with van der Waals surface area (Å²) < 4.78 is 0. The average molecular weight is 358 g/mol.